The summed E-state index contributed by atoms with van der Waals surface area (Å²) in [5.41, 5.74) is 4.59. The van der Waals surface area contributed by atoms with Gasteiger partial charge in [-0.1, -0.05) is 42.0 Å². The lowest BCUT2D eigenvalue weighted by molar-refractivity contribution is 0.112. The molecule has 0 aliphatic heterocycles. The Morgan fingerprint density at radius 3 is 2.63 bits per heavy atom. The van der Waals surface area contributed by atoms with Crippen LogP contribution in [0, 0.1) is 6.92 Å². The fourth-order valence-corrected chi connectivity index (χ4v) is 2.25. The Kier molecular flexibility index (Phi) is 2.84. The van der Waals surface area contributed by atoms with Gasteiger partial charge in [0.1, 0.15) is 0 Å². The number of aryl methyl sites for hydroxylation is 1. The first kappa shape index (κ1) is 11.6. The van der Waals surface area contributed by atoms with Gasteiger partial charge in [-0.3, -0.25) is 4.79 Å². The highest BCUT2D eigenvalue weighted by Crippen LogP contribution is 2.24. The second-order valence-corrected chi connectivity index (χ2v) is 4.60. The lowest BCUT2D eigenvalue weighted by Gasteiger charge is -2.06. The van der Waals surface area contributed by atoms with Crippen molar-refractivity contribution in [1.29, 1.82) is 0 Å². The molecule has 0 saturated carbocycles. The number of hydrogen-bond acceptors (Lipinski definition) is 2. The molecular formula is C17H13NO. The molecule has 0 radical (unpaired) electrons. The van der Waals surface area contributed by atoms with E-state index in [-0.39, 0.29) is 0 Å². The predicted octanol–water partition coefficient (Wildman–Crippen LogP) is 4.02. The summed E-state index contributed by atoms with van der Waals surface area (Å²) in [7, 11) is 0. The van der Waals surface area contributed by atoms with E-state index in [1.54, 1.807) is 0 Å². The summed E-state index contributed by atoms with van der Waals surface area (Å²) in [6, 6.07) is 17.7. The largest absolute Gasteiger partial charge is 0.298 e. The van der Waals surface area contributed by atoms with Gasteiger partial charge < -0.3 is 0 Å². The Bertz CT molecular complexity index is 762. The number of carbonyl (C=O) groups is 1. The number of aldehydes is 1. The predicted molar refractivity (Wildman–Crippen MR) is 77.3 cm³/mol. The highest BCUT2D eigenvalue weighted by molar-refractivity contribution is 5.98. The van der Waals surface area contributed by atoms with Gasteiger partial charge in [-0.2, -0.15) is 0 Å². The van der Waals surface area contributed by atoms with Gasteiger partial charge in [0, 0.05) is 16.5 Å². The van der Waals surface area contributed by atoms with Gasteiger partial charge in [-0.05, 0) is 25.1 Å². The summed E-state index contributed by atoms with van der Waals surface area (Å²) in [5, 5.41) is 0.897. The molecule has 0 bridgehead atoms. The van der Waals surface area contributed by atoms with Gasteiger partial charge in [-0.25, -0.2) is 4.98 Å². The third kappa shape index (κ3) is 2.13. The van der Waals surface area contributed by atoms with E-state index < -0.39 is 0 Å². The second kappa shape index (κ2) is 4.65. The maximum Gasteiger partial charge on any atom is 0.150 e. The molecule has 0 atom stereocenters. The van der Waals surface area contributed by atoms with E-state index in [4.69, 9.17) is 0 Å². The van der Waals surface area contributed by atoms with Crippen LogP contribution in [0.1, 0.15) is 15.9 Å². The number of pyridine rings is 1. The summed E-state index contributed by atoms with van der Waals surface area (Å²) >= 11 is 0. The van der Waals surface area contributed by atoms with Crippen LogP contribution in [-0.4, -0.2) is 11.3 Å². The van der Waals surface area contributed by atoms with Crippen molar-refractivity contribution in [2.45, 2.75) is 6.92 Å². The topological polar surface area (TPSA) is 30.0 Å². The Hall–Kier alpha value is -2.48. The van der Waals surface area contributed by atoms with Crippen molar-refractivity contribution >= 4 is 17.2 Å². The molecule has 1 aromatic heterocycles. The van der Waals surface area contributed by atoms with Crippen LogP contribution in [0.3, 0.4) is 0 Å². The van der Waals surface area contributed by atoms with Gasteiger partial charge in [0.15, 0.2) is 6.29 Å². The Morgan fingerprint density at radius 2 is 1.84 bits per heavy atom. The zero-order chi connectivity index (χ0) is 13.2. The van der Waals surface area contributed by atoms with Crippen molar-refractivity contribution in [2.24, 2.45) is 0 Å². The minimum Gasteiger partial charge on any atom is -0.298 e. The average Bonchev–Trinajstić information content (AvgIpc) is 2.46. The molecule has 0 fully saturated rings. The second-order valence-electron chi connectivity index (χ2n) is 4.60. The number of rotatable bonds is 2. The Labute approximate surface area is 111 Å². The zero-order valence-corrected chi connectivity index (χ0v) is 10.6. The molecule has 0 aliphatic rings. The molecule has 0 N–H and O–H groups in total. The molecule has 1 heterocycles. The van der Waals surface area contributed by atoms with Crippen LogP contribution in [0.25, 0.3) is 22.2 Å². The molecule has 0 amide bonds. The van der Waals surface area contributed by atoms with E-state index in [9.17, 15) is 4.79 Å². The maximum absolute atomic E-state index is 11.2. The number of benzene rings is 2. The van der Waals surface area contributed by atoms with Crippen LogP contribution < -0.4 is 0 Å². The number of nitrogens with zero attached hydrogens (tertiary/aromatic N) is 1. The highest BCUT2D eigenvalue weighted by atomic mass is 16.1. The van der Waals surface area contributed by atoms with E-state index in [2.05, 4.69) is 11.1 Å². The number of para-hydroxylation sites is 1. The molecule has 3 rings (SSSR count). The molecule has 0 spiro atoms. The molecule has 2 heteroatoms. The molecule has 0 saturated heterocycles. The van der Waals surface area contributed by atoms with Crippen molar-refractivity contribution in [3.05, 3.63) is 65.7 Å². The summed E-state index contributed by atoms with van der Waals surface area (Å²) in [4.78, 5) is 15.9. The van der Waals surface area contributed by atoms with Gasteiger partial charge in [-0.15, -0.1) is 0 Å². The third-order valence-corrected chi connectivity index (χ3v) is 3.19. The molecule has 3 aromatic rings. The average molecular weight is 247 g/mol. The van der Waals surface area contributed by atoms with Gasteiger partial charge in [0.05, 0.1) is 11.2 Å². The molecule has 0 unspecified atom stereocenters. The van der Waals surface area contributed by atoms with Gasteiger partial charge in [0.25, 0.3) is 0 Å². The van der Waals surface area contributed by atoms with E-state index in [1.807, 2.05) is 55.5 Å². The minimum absolute atomic E-state index is 0.683. The number of hydrogen-bond donors (Lipinski definition) is 0. The fourth-order valence-electron chi connectivity index (χ4n) is 2.25. The highest BCUT2D eigenvalue weighted by Gasteiger charge is 2.06. The van der Waals surface area contributed by atoms with E-state index in [0.717, 1.165) is 28.4 Å². The van der Waals surface area contributed by atoms with Crippen molar-refractivity contribution in [1.82, 2.24) is 4.98 Å². The zero-order valence-electron chi connectivity index (χ0n) is 10.6. The van der Waals surface area contributed by atoms with Crippen LogP contribution >= 0.6 is 0 Å². The van der Waals surface area contributed by atoms with E-state index in [1.165, 1.54) is 5.56 Å². The lowest BCUT2D eigenvalue weighted by Crippen LogP contribution is -1.91. The van der Waals surface area contributed by atoms with E-state index >= 15 is 0 Å². The summed E-state index contributed by atoms with van der Waals surface area (Å²) < 4.78 is 0. The first-order valence-electron chi connectivity index (χ1n) is 6.20. The van der Waals surface area contributed by atoms with Gasteiger partial charge in [0.2, 0.25) is 0 Å². The normalized spacial score (nSPS) is 10.6. The van der Waals surface area contributed by atoms with Crippen LogP contribution in [0.15, 0.2) is 54.6 Å². The van der Waals surface area contributed by atoms with Crippen LogP contribution in [-0.2, 0) is 0 Å². The van der Waals surface area contributed by atoms with Crippen LogP contribution in [0.2, 0.25) is 0 Å². The van der Waals surface area contributed by atoms with Gasteiger partial charge >= 0.3 is 0 Å². The molecule has 2 nitrogen and oxygen atoms in total. The molecule has 2 aromatic carbocycles. The standard InChI is InChI=1S/C17H13NO/c1-12-5-4-6-13(9-12)17-10-14(11-19)15-7-2-3-8-16(15)18-17/h2-11H,1H3. The number of carbonyl (C=O) groups excluding carboxylic acids is 1. The number of aromatic nitrogens is 1. The molecular weight excluding hydrogens is 234 g/mol. The molecule has 92 valence electrons. The maximum atomic E-state index is 11.2. The fraction of sp³-hybridized carbons (Fsp3) is 0.0588. The van der Waals surface area contributed by atoms with Crippen molar-refractivity contribution in [3.8, 4) is 11.3 Å². The Balaban J connectivity index is 2.28. The van der Waals surface area contributed by atoms with Crippen molar-refractivity contribution < 1.29 is 4.79 Å². The Morgan fingerprint density at radius 1 is 1.00 bits per heavy atom. The van der Waals surface area contributed by atoms with Crippen molar-refractivity contribution in [3.63, 3.8) is 0 Å². The monoisotopic (exact) mass is 247 g/mol. The first-order chi connectivity index (χ1) is 9.28. The summed E-state index contributed by atoms with van der Waals surface area (Å²) in [6.07, 6.45) is 0.892. The SMILES string of the molecule is Cc1cccc(-c2cc(C=O)c3ccccc3n2)c1. The summed E-state index contributed by atoms with van der Waals surface area (Å²) in [6.45, 7) is 2.05. The summed E-state index contributed by atoms with van der Waals surface area (Å²) in [5.74, 6) is 0. The van der Waals surface area contributed by atoms with Crippen LogP contribution in [0.5, 0.6) is 0 Å². The van der Waals surface area contributed by atoms with Crippen molar-refractivity contribution in [2.75, 3.05) is 0 Å². The lowest BCUT2D eigenvalue weighted by atomic mass is 10.0. The van der Waals surface area contributed by atoms with Crippen LogP contribution in [0.4, 0.5) is 0 Å². The number of fused-ring (bicyclic) bond motifs is 1. The molecule has 19 heavy (non-hydrogen) atoms. The first-order valence-corrected chi connectivity index (χ1v) is 6.20. The third-order valence-electron chi connectivity index (χ3n) is 3.19. The minimum atomic E-state index is 0.683. The van der Waals surface area contributed by atoms with E-state index in [0.29, 0.717) is 5.56 Å². The molecule has 0 aliphatic carbocycles. The smallest absolute Gasteiger partial charge is 0.150 e. The quantitative estimate of drug-likeness (QED) is 0.640.